The summed E-state index contributed by atoms with van der Waals surface area (Å²) in [6, 6.07) is 6.14. The molecule has 0 amide bonds. The maximum atomic E-state index is 13.2. The molecule has 1 aromatic carbocycles. The first kappa shape index (κ1) is 15.3. The van der Waals surface area contributed by atoms with Gasteiger partial charge in [-0.25, -0.2) is 24.0 Å². The van der Waals surface area contributed by atoms with Gasteiger partial charge in [-0.1, -0.05) is 0 Å². The number of hydrogen-bond donors (Lipinski definition) is 0. The molecule has 0 saturated carbocycles. The van der Waals surface area contributed by atoms with Gasteiger partial charge in [0.25, 0.3) is 0 Å². The summed E-state index contributed by atoms with van der Waals surface area (Å²) in [5, 5.41) is 5.22. The molecule has 4 aromatic rings. The average molecular weight is 337 g/mol. The van der Waals surface area contributed by atoms with Gasteiger partial charge in [0.2, 0.25) is 0 Å². The van der Waals surface area contributed by atoms with E-state index < -0.39 is 0 Å². The van der Waals surface area contributed by atoms with Crippen LogP contribution in [0.4, 0.5) is 10.2 Å². The lowest BCUT2D eigenvalue weighted by molar-refractivity contribution is 0.627. The standard InChI is InChI=1S/C17H16FN7/c1-23-8-7-19-15(23)10-24(2)16-14-9-22-25(17(14)21-11-20-16)13-5-3-12(18)4-6-13/h3-9,11H,10H2,1-2H3. The maximum absolute atomic E-state index is 13.2. The molecule has 0 aliphatic heterocycles. The van der Waals surface area contributed by atoms with Crippen molar-refractivity contribution in [3.05, 3.63) is 60.8 Å². The molecule has 7 nitrogen and oxygen atoms in total. The summed E-state index contributed by atoms with van der Waals surface area (Å²) >= 11 is 0. The summed E-state index contributed by atoms with van der Waals surface area (Å²) in [7, 11) is 3.91. The quantitative estimate of drug-likeness (QED) is 0.572. The Labute approximate surface area is 143 Å². The first-order chi connectivity index (χ1) is 12.1. The highest BCUT2D eigenvalue weighted by molar-refractivity contribution is 5.87. The predicted octanol–water partition coefficient (Wildman–Crippen LogP) is 2.32. The summed E-state index contributed by atoms with van der Waals surface area (Å²) in [4.78, 5) is 15.1. The Hall–Kier alpha value is -3.29. The van der Waals surface area contributed by atoms with Gasteiger partial charge in [0.15, 0.2) is 5.65 Å². The Bertz CT molecular complexity index is 1020. The van der Waals surface area contributed by atoms with E-state index in [1.165, 1.54) is 18.5 Å². The van der Waals surface area contributed by atoms with Crippen LogP contribution in [0.25, 0.3) is 16.7 Å². The minimum absolute atomic E-state index is 0.287. The summed E-state index contributed by atoms with van der Waals surface area (Å²) < 4.78 is 16.8. The van der Waals surface area contributed by atoms with Gasteiger partial charge in [-0.2, -0.15) is 5.10 Å². The molecule has 25 heavy (non-hydrogen) atoms. The molecule has 0 atom stereocenters. The number of aryl methyl sites for hydroxylation is 1. The zero-order chi connectivity index (χ0) is 17.4. The fraction of sp³-hybridized carbons (Fsp3) is 0.176. The average Bonchev–Trinajstić information content (AvgIpc) is 3.22. The van der Waals surface area contributed by atoms with Gasteiger partial charge in [-0.3, -0.25) is 0 Å². The van der Waals surface area contributed by atoms with Crippen molar-refractivity contribution in [2.45, 2.75) is 6.54 Å². The van der Waals surface area contributed by atoms with Crippen LogP contribution in [-0.2, 0) is 13.6 Å². The number of halogens is 1. The second-order valence-corrected chi connectivity index (χ2v) is 5.78. The summed E-state index contributed by atoms with van der Waals surface area (Å²) in [5.74, 6) is 1.41. The van der Waals surface area contributed by atoms with Crippen molar-refractivity contribution in [1.29, 1.82) is 0 Å². The number of imidazole rings is 1. The molecule has 3 aromatic heterocycles. The Kier molecular flexibility index (Phi) is 3.64. The third-order valence-corrected chi connectivity index (χ3v) is 4.08. The van der Waals surface area contributed by atoms with Crippen LogP contribution in [0.3, 0.4) is 0 Å². The first-order valence-corrected chi connectivity index (χ1v) is 7.75. The van der Waals surface area contributed by atoms with Crippen molar-refractivity contribution in [3.8, 4) is 5.69 Å². The number of nitrogens with zero attached hydrogens (tertiary/aromatic N) is 7. The van der Waals surface area contributed by atoms with Crippen LogP contribution >= 0.6 is 0 Å². The number of benzene rings is 1. The lowest BCUT2D eigenvalue weighted by Gasteiger charge is -2.18. The van der Waals surface area contributed by atoms with E-state index in [4.69, 9.17) is 0 Å². The van der Waals surface area contributed by atoms with Crippen LogP contribution in [0.1, 0.15) is 5.82 Å². The molecular weight excluding hydrogens is 321 g/mol. The van der Waals surface area contributed by atoms with Crippen molar-refractivity contribution >= 4 is 16.9 Å². The van der Waals surface area contributed by atoms with E-state index >= 15 is 0 Å². The van der Waals surface area contributed by atoms with Gasteiger partial charge < -0.3 is 9.47 Å². The zero-order valence-corrected chi connectivity index (χ0v) is 13.8. The molecule has 0 bridgehead atoms. The number of hydrogen-bond acceptors (Lipinski definition) is 5. The van der Waals surface area contributed by atoms with E-state index in [0.717, 1.165) is 22.7 Å². The molecule has 126 valence electrons. The largest absolute Gasteiger partial charge is 0.351 e. The first-order valence-electron chi connectivity index (χ1n) is 7.75. The third-order valence-electron chi connectivity index (χ3n) is 4.08. The molecule has 4 rings (SSSR count). The van der Waals surface area contributed by atoms with Gasteiger partial charge in [0.1, 0.15) is 23.8 Å². The SMILES string of the molecule is CN(Cc1nccn1C)c1ncnc2c1cnn2-c1ccc(F)cc1. The third kappa shape index (κ3) is 2.71. The van der Waals surface area contributed by atoms with Gasteiger partial charge in [-0.05, 0) is 24.3 Å². The van der Waals surface area contributed by atoms with Crippen LogP contribution in [0.5, 0.6) is 0 Å². The Morgan fingerprint density at radius 1 is 1.12 bits per heavy atom. The summed E-state index contributed by atoms with van der Waals surface area (Å²) in [5.41, 5.74) is 1.41. The van der Waals surface area contributed by atoms with Gasteiger partial charge in [-0.15, -0.1) is 0 Å². The smallest absolute Gasteiger partial charge is 0.168 e. The maximum Gasteiger partial charge on any atom is 0.168 e. The second kappa shape index (κ2) is 5.97. The van der Waals surface area contributed by atoms with Crippen LogP contribution in [0.15, 0.2) is 49.2 Å². The molecule has 0 radical (unpaired) electrons. The normalized spacial score (nSPS) is 11.2. The fourth-order valence-electron chi connectivity index (χ4n) is 2.74. The number of rotatable bonds is 4. The summed E-state index contributed by atoms with van der Waals surface area (Å²) in [6.07, 6.45) is 6.91. The van der Waals surface area contributed by atoms with Crippen molar-refractivity contribution in [3.63, 3.8) is 0 Å². The molecule has 8 heteroatoms. The Balaban J connectivity index is 1.74. The minimum Gasteiger partial charge on any atom is -0.351 e. The molecule has 0 spiro atoms. The number of aromatic nitrogens is 6. The number of anilines is 1. The zero-order valence-electron chi connectivity index (χ0n) is 13.8. The van der Waals surface area contributed by atoms with E-state index in [1.807, 2.05) is 29.8 Å². The fourth-order valence-corrected chi connectivity index (χ4v) is 2.74. The van der Waals surface area contributed by atoms with Gasteiger partial charge >= 0.3 is 0 Å². The van der Waals surface area contributed by atoms with E-state index in [0.29, 0.717) is 12.2 Å². The van der Waals surface area contributed by atoms with Crippen molar-refractivity contribution in [2.24, 2.45) is 7.05 Å². The molecule has 0 saturated heterocycles. The molecule has 0 aliphatic rings. The van der Waals surface area contributed by atoms with Gasteiger partial charge in [0.05, 0.1) is 23.8 Å². The van der Waals surface area contributed by atoms with E-state index in [1.54, 1.807) is 29.2 Å². The van der Waals surface area contributed by atoms with Crippen LogP contribution in [0.2, 0.25) is 0 Å². The second-order valence-electron chi connectivity index (χ2n) is 5.78. The highest BCUT2D eigenvalue weighted by atomic mass is 19.1. The molecule has 3 heterocycles. The van der Waals surface area contributed by atoms with E-state index in [2.05, 4.69) is 20.1 Å². The highest BCUT2D eigenvalue weighted by Gasteiger charge is 2.15. The van der Waals surface area contributed by atoms with Crippen molar-refractivity contribution < 1.29 is 4.39 Å². The summed E-state index contributed by atoms with van der Waals surface area (Å²) in [6.45, 7) is 0.608. The minimum atomic E-state index is -0.287. The molecule has 0 N–H and O–H groups in total. The van der Waals surface area contributed by atoms with E-state index in [9.17, 15) is 4.39 Å². The van der Waals surface area contributed by atoms with Crippen LogP contribution in [-0.4, -0.2) is 36.3 Å². The molecular formula is C17H16FN7. The topological polar surface area (TPSA) is 64.7 Å². The Morgan fingerprint density at radius 2 is 1.92 bits per heavy atom. The van der Waals surface area contributed by atoms with Crippen molar-refractivity contribution in [2.75, 3.05) is 11.9 Å². The molecule has 0 aliphatic carbocycles. The monoisotopic (exact) mass is 337 g/mol. The lowest BCUT2D eigenvalue weighted by atomic mass is 10.3. The molecule has 0 fully saturated rings. The number of fused-ring (bicyclic) bond motifs is 1. The predicted molar refractivity (Wildman–Crippen MR) is 91.9 cm³/mol. The van der Waals surface area contributed by atoms with E-state index in [-0.39, 0.29) is 5.82 Å². The Morgan fingerprint density at radius 3 is 2.64 bits per heavy atom. The highest BCUT2D eigenvalue weighted by Crippen LogP contribution is 2.24. The van der Waals surface area contributed by atoms with Crippen LogP contribution in [0, 0.1) is 5.82 Å². The molecule has 0 unspecified atom stereocenters. The van der Waals surface area contributed by atoms with Crippen LogP contribution < -0.4 is 4.90 Å². The lowest BCUT2D eigenvalue weighted by Crippen LogP contribution is -2.20. The van der Waals surface area contributed by atoms with Gasteiger partial charge in [0, 0.05) is 26.5 Å². The van der Waals surface area contributed by atoms with Crippen molar-refractivity contribution in [1.82, 2.24) is 29.3 Å².